The highest BCUT2D eigenvalue weighted by atomic mass is 32.2. The van der Waals surface area contributed by atoms with Crippen LogP contribution in [0.5, 0.6) is 11.6 Å². The molecule has 216 valence electrons. The van der Waals surface area contributed by atoms with Crippen molar-refractivity contribution >= 4 is 27.4 Å². The summed E-state index contributed by atoms with van der Waals surface area (Å²) in [5, 5.41) is 18.3. The Labute approximate surface area is 234 Å². The molecule has 2 aromatic carbocycles. The monoisotopic (exact) mass is 589 g/mol. The first-order valence-corrected chi connectivity index (χ1v) is 13.8. The van der Waals surface area contributed by atoms with Gasteiger partial charge in [-0.25, -0.2) is 9.00 Å². The second-order valence-electron chi connectivity index (χ2n) is 9.90. The molecule has 14 heteroatoms. The van der Waals surface area contributed by atoms with Crippen LogP contribution in [0.2, 0.25) is 0 Å². The molecule has 0 saturated heterocycles. The van der Waals surface area contributed by atoms with Gasteiger partial charge in [0.25, 0.3) is 11.8 Å². The van der Waals surface area contributed by atoms with Crippen LogP contribution < -0.4 is 10.1 Å². The summed E-state index contributed by atoms with van der Waals surface area (Å²) >= 11 is 0. The molecule has 0 aliphatic heterocycles. The SMILES string of the molecule is Cc1cc(C#N)ccc1Oc1nnc(C(F)(F)F)c(C)c1C(=O)Nc1cccc([S@](C)(=O)=NC(=O)OC(C)(C)C)c1. The normalized spacial score (nSPS) is 13.0. The van der Waals surface area contributed by atoms with Gasteiger partial charge in [0.2, 0.25) is 0 Å². The summed E-state index contributed by atoms with van der Waals surface area (Å²) in [6.07, 6.45) is -4.75. The maximum atomic E-state index is 13.6. The molecule has 1 heterocycles. The number of hydrogen-bond donors (Lipinski definition) is 1. The zero-order chi connectivity index (χ0) is 30.8. The van der Waals surface area contributed by atoms with Crippen molar-refractivity contribution < 1.29 is 36.4 Å². The lowest BCUT2D eigenvalue weighted by molar-refractivity contribution is -0.142. The van der Waals surface area contributed by atoms with Gasteiger partial charge >= 0.3 is 12.3 Å². The quantitative estimate of drug-likeness (QED) is 0.359. The maximum Gasteiger partial charge on any atom is 0.442 e. The molecule has 3 rings (SSSR count). The van der Waals surface area contributed by atoms with Crippen molar-refractivity contribution in [2.24, 2.45) is 4.36 Å². The number of hydrogen-bond acceptors (Lipinski definition) is 8. The van der Waals surface area contributed by atoms with E-state index in [9.17, 15) is 27.0 Å². The van der Waals surface area contributed by atoms with Crippen LogP contribution in [0.1, 0.15) is 53.5 Å². The van der Waals surface area contributed by atoms with E-state index in [1.165, 1.54) is 48.7 Å². The largest absolute Gasteiger partial charge is 0.442 e. The topological polar surface area (TPSA) is 144 Å². The lowest BCUT2D eigenvalue weighted by Crippen LogP contribution is -2.22. The van der Waals surface area contributed by atoms with Gasteiger partial charge in [-0.2, -0.15) is 18.4 Å². The highest BCUT2D eigenvalue weighted by Crippen LogP contribution is 2.35. The molecule has 0 bridgehead atoms. The number of aryl methyl sites for hydroxylation is 1. The van der Waals surface area contributed by atoms with Crippen LogP contribution in [0.3, 0.4) is 0 Å². The summed E-state index contributed by atoms with van der Waals surface area (Å²) in [5.41, 5.74) is -2.49. The van der Waals surface area contributed by atoms with Gasteiger partial charge in [-0.1, -0.05) is 6.07 Å². The Bertz CT molecular complexity index is 1680. The molecule has 0 radical (unpaired) electrons. The Morgan fingerprint density at radius 2 is 1.76 bits per heavy atom. The van der Waals surface area contributed by atoms with E-state index in [-0.39, 0.29) is 16.3 Å². The van der Waals surface area contributed by atoms with Gasteiger partial charge < -0.3 is 14.8 Å². The minimum Gasteiger partial charge on any atom is -0.442 e. The highest BCUT2D eigenvalue weighted by Gasteiger charge is 2.38. The molecule has 0 saturated carbocycles. The first kappa shape index (κ1) is 31.0. The van der Waals surface area contributed by atoms with E-state index in [0.717, 1.165) is 6.92 Å². The number of carbonyl (C=O) groups excluding carboxylic acids is 2. The first-order chi connectivity index (χ1) is 18.9. The van der Waals surface area contributed by atoms with Crippen LogP contribution in [0.4, 0.5) is 23.7 Å². The lowest BCUT2D eigenvalue weighted by Gasteiger charge is -2.18. The smallest absolute Gasteiger partial charge is 0.442 e. The predicted octanol–water partition coefficient (Wildman–Crippen LogP) is 6.42. The maximum absolute atomic E-state index is 13.6. The molecule has 2 amide bonds. The zero-order valence-corrected chi connectivity index (χ0v) is 23.7. The molecule has 0 aliphatic rings. The summed E-state index contributed by atoms with van der Waals surface area (Å²) in [5.74, 6) is -1.38. The van der Waals surface area contributed by atoms with Crippen molar-refractivity contribution in [3.8, 4) is 17.7 Å². The minimum atomic E-state index is -4.91. The number of halogens is 3. The van der Waals surface area contributed by atoms with Gasteiger partial charge in [-0.05, 0) is 82.1 Å². The van der Waals surface area contributed by atoms with Gasteiger partial charge in [0, 0.05) is 16.8 Å². The van der Waals surface area contributed by atoms with Crippen LogP contribution >= 0.6 is 0 Å². The average molecular weight is 590 g/mol. The Kier molecular flexibility index (Phi) is 8.73. The Hall–Kier alpha value is -4.51. The molecule has 10 nitrogen and oxygen atoms in total. The molecule has 0 fully saturated rings. The van der Waals surface area contributed by atoms with Crippen molar-refractivity contribution in [1.29, 1.82) is 5.26 Å². The third-order valence-corrected chi connectivity index (χ3v) is 6.99. The number of benzene rings is 2. The van der Waals surface area contributed by atoms with Gasteiger partial charge in [-0.3, -0.25) is 4.79 Å². The number of nitriles is 1. The summed E-state index contributed by atoms with van der Waals surface area (Å²) in [4.78, 5) is 25.5. The third kappa shape index (κ3) is 7.79. The first-order valence-electron chi connectivity index (χ1n) is 11.9. The second kappa shape index (κ2) is 11.5. The van der Waals surface area contributed by atoms with Gasteiger partial charge in [-0.15, -0.1) is 14.6 Å². The summed E-state index contributed by atoms with van der Waals surface area (Å²) in [7, 11) is -3.32. The second-order valence-corrected chi connectivity index (χ2v) is 12.2. The standard InChI is InChI=1S/C27H26F3N5O5S/c1-15-12-17(14-31)10-11-20(15)39-24-21(16(2)22(33-34-24)27(28,29)30)23(36)32-18-8-7-9-19(13-18)41(6,38)35-25(37)40-26(3,4)5/h7-13H,1-6H3,(H,32,36)/t41-/m0/s1. The average Bonchev–Trinajstić information content (AvgIpc) is 2.83. The number of ether oxygens (including phenoxy) is 2. The molecule has 1 atom stereocenters. The predicted molar refractivity (Wildman–Crippen MR) is 143 cm³/mol. The lowest BCUT2D eigenvalue weighted by atomic mass is 10.1. The van der Waals surface area contributed by atoms with Gasteiger partial charge in [0.05, 0.1) is 21.4 Å². The van der Waals surface area contributed by atoms with E-state index in [0.29, 0.717) is 11.1 Å². The number of anilines is 1. The highest BCUT2D eigenvalue weighted by molar-refractivity contribution is 7.93. The van der Waals surface area contributed by atoms with E-state index in [1.54, 1.807) is 27.7 Å². The number of nitrogens with one attached hydrogen (secondary N) is 1. The molecule has 1 N–H and O–H groups in total. The number of rotatable bonds is 5. The van der Waals surface area contributed by atoms with E-state index in [4.69, 9.17) is 14.7 Å². The number of carbonyl (C=O) groups is 2. The van der Waals surface area contributed by atoms with E-state index in [2.05, 4.69) is 19.9 Å². The van der Waals surface area contributed by atoms with E-state index in [1.807, 2.05) is 6.07 Å². The fourth-order valence-corrected chi connectivity index (χ4v) is 4.63. The third-order valence-electron chi connectivity index (χ3n) is 5.36. The van der Waals surface area contributed by atoms with Crippen molar-refractivity contribution in [2.45, 2.75) is 51.3 Å². The van der Waals surface area contributed by atoms with Crippen LogP contribution in [0, 0.1) is 25.2 Å². The van der Waals surface area contributed by atoms with Crippen molar-refractivity contribution in [3.63, 3.8) is 0 Å². The van der Waals surface area contributed by atoms with Crippen LogP contribution in [-0.2, 0) is 20.6 Å². The zero-order valence-electron chi connectivity index (χ0n) is 22.9. The van der Waals surface area contributed by atoms with Gasteiger partial charge in [0.15, 0.2) is 5.69 Å². The van der Waals surface area contributed by atoms with Crippen LogP contribution in [-0.4, -0.2) is 38.3 Å². The van der Waals surface area contributed by atoms with Gasteiger partial charge in [0.1, 0.15) is 16.9 Å². The molecule has 3 aromatic rings. The number of aromatic nitrogens is 2. The summed E-state index contributed by atoms with van der Waals surface area (Å²) < 4.78 is 68.5. The Balaban J connectivity index is 2.03. The number of nitrogens with zero attached hydrogens (tertiary/aromatic N) is 4. The number of amides is 2. The van der Waals surface area contributed by atoms with Crippen molar-refractivity contribution in [3.05, 3.63) is 70.4 Å². The fraction of sp³-hybridized carbons (Fsp3) is 0.296. The molecule has 0 unspecified atom stereocenters. The van der Waals surface area contributed by atoms with Crippen LogP contribution in [0.25, 0.3) is 0 Å². The van der Waals surface area contributed by atoms with Crippen molar-refractivity contribution in [2.75, 3.05) is 11.6 Å². The molecule has 0 spiro atoms. The minimum absolute atomic E-state index is 0.0479. The Morgan fingerprint density at radius 1 is 1.07 bits per heavy atom. The molecular weight excluding hydrogens is 563 g/mol. The number of alkyl halides is 3. The fourth-order valence-electron chi connectivity index (χ4n) is 3.52. The van der Waals surface area contributed by atoms with E-state index >= 15 is 0 Å². The summed E-state index contributed by atoms with van der Waals surface area (Å²) in [6.45, 7) is 7.52. The summed E-state index contributed by atoms with van der Waals surface area (Å²) in [6, 6.07) is 11.8. The molecular formula is C27H26F3N5O5S. The van der Waals surface area contributed by atoms with E-state index < -0.39 is 56.2 Å². The van der Waals surface area contributed by atoms with Crippen LogP contribution in [0.15, 0.2) is 51.7 Å². The van der Waals surface area contributed by atoms with Crippen molar-refractivity contribution in [1.82, 2.24) is 10.2 Å². The molecule has 41 heavy (non-hydrogen) atoms. The molecule has 0 aliphatic carbocycles. The Morgan fingerprint density at radius 3 is 2.34 bits per heavy atom. The molecule has 1 aromatic heterocycles.